The first-order valence-corrected chi connectivity index (χ1v) is 6.80. The van der Waals surface area contributed by atoms with Crippen LogP contribution in [0, 0.1) is 0 Å². The van der Waals surface area contributed by atoms with Gasteiger partial charge in [-0.15, -0.1) is 0 Å². The zero-order valence-electron chi connectivity index (χ0n) is 11.2. The molecule has 20 heavy (non-hydrogen) atoms. The first-order valence-electron chi connectivity index (χ1n) is 6.80. The number of carbonyl (C=O) groups is 2. The highest BCUT2D eigenvalue weighted by Gasteiger charge is 2.24. The van der Waals surface area contributed by atoms with E-state index in [4.69, 9.17) is 10.3 Å². The number of rotatable bonds is 7. The van der Waals surface area contributed by atoms with Gasteiger partial charge < -0.3 is 20.9 Å². The van der Waals surface area contributed by atoms with Crippen LogP contribution in [0.3, 0.4) is 0 Å². The molecule has 0 bridgehead atoms. The highest BCUT2D eigenvalue weighted by molar-refractivity contribution is 5.90. The molecule has 2 amide bonds. The normalized spacial score (nSPS) is 18.1. The summed E-state index contributed by atoms with van der Waals surface area (Å²) in [6.45, 7) is 1.38. The molecule has 0 aliphatic carbocycles. The van der Waals surface area contributed by atoms with Crippen molar-refractivity contribution in [3.63, 3.8) is 0 Å². The van der Waals surface area contributed by atoms with Crippen LogP contribution in [0.1, 0.15) is 54.7 Å². The number of nitrogens with one attached hydrogen (secondary N) is 2. The van der Waals surface area contributed by atoms with Gasteiger partial charge in [0.15, 0.2) is 0 Å². The van der Waals surface area contributed by atoms with Crippen LogP contribution in [0.5, 0.6) is 0 Å². The van der Waals surface area contributed by atoms with Crippen LogP contribution in [0.2, 0.25) is 0 Å². The van der Waals surface area contributed by atoms with Crippen molar-refractivity contribution in [2.45, 2.75) is 38.1 Å². The molecule has 0 saturated carbocycles. The van der Waals surface area contributed by atoms with E-state index >= 15 is 0 Å². The van der Waals surface area contributed by atoms with E-state index in [9.17, 15) is 9.59 Å². The number of nitrogens with two attached hydrogens (primary N) is 1. The molecule has 2 rings (SSSR count). The van der Waals surface area contributed by atoms with Crippen molar-refractivity contribution < 1.29 is 14.1 Å². The molecule has 110 valence electrons. The predicted octanol–water partition coefficient (Wildman–Crippen LogP) is -0.121. The fourth-order valence-corrected chi connectivity index (χ4v) is 2.07. The van der Waals surface area contributed by atoms with E-state index in [1.54, 1.807) is 0 Å². The van der Waals surface area contributed by atoms with Gasteiger partial charge >= 0.3 is 0 Å². The Morgan fingerprint density at radius 2 is 2.30 bits per heavy atom. The Kier molecular flexibility index (Phi) is 5.05. The highest BCUT2D eigenvalue weighted by atomic mass is 16.5. The quantitative estimate of drug-likeness (QED) is 0.599. The molecule has 1 saturated heterocycles. The lowest BCUT2D eigenvalue weighted by Gasteiger charge is -2.02. The first-order chi connectivity index (χ1) is 9.66. The maximum Gasteiger partial charge on any atom is 0.292 e. The van der Waals surface area contributed by atoms with Gasteiger partial charge in [-0.1, -0.05) is 5.16 Å². The van der Waals surface area contributed by atoms with E-state index in [0.717, 1.165) is 19.4 Å². The van der Waals surface area contributed by atoms with Crippen LogP contribution in [-0.4, -0.2) is 35.0 Å². The Morgan fingerprint density at radius 3 is 3.00 bits per heavy atom. The molecule has 8 heteroatoms. The molecule has 1 aliphatic heterocycles. The summed E-state index contributed by atoms with van der Waals surface area (Å²) < 4.78 is 5.08. The van der Waals surface area contributed by atoms with E-state index in [1.807, 2.05) is 0 Å². The van der Waals surface area contributed by atoms with Crippen LogP contribution in [-0.2, 0) is 4.79 Å². The molecule has 2 heterocycles. The monoisotopic (exact) mass is 281 g/mol. The van der Waals surface area contributed by atoms with E-state index in [-0.39, 0.29) is 23.7 Å². The van der Waals surface area contributed by atoms with Crippen LogP contribution in [0.25, 0.3) is 0 Å². The fraction of sp³-hybridized carbons (Fsp3) is 0.667. The third-order valence-electron chi connectivity index (χ3n) is 3.14. The standard InChI is InChI=1S/C12H19N5O3/c13-9(18)5-1-2-6-15-11(19)10-16-12(20-17-10)8-4-3-7-14-8/h8,14H,1-7H2,(H2,13,18)(H,15,19). The molecule has 0 spiro atoms. The summed E-state index contributed by atoms with van der Waals surface area (Å²) in [5.74, 6) is -0.190. The van der Waals surface area contributed by atoms with Gasteiger partial charge in [0, 0.05) is 13.0 Å². The van der Waals surface area contributed by atoms with E-state index < -0.39 is 0 Å². The second-order valence-electron chi connectivity index (χ2n) is 4.78. The lowest BCUT2D eigenvalue weighted by Crippen LogP contribution is -2.26. The zero-order valence-corrected chi connectivity index (χ0v) is 11.2. The maximum atomic E-state index is 11.8. The molecule has 1 aromatic heterocycles. The number of amides is 2. The SMILES string of the molecule is NC(=O)CCCCNC(=O)c1noc(C2CCCN2)n1. The molecular weight excluding hydrogens is 262 g/mol. The lowest BCUT2D eigenvalue weighted by atomic mass is 10.2. The number of carbonyl (C=O) groups excluding carboxylic acids is 2. The molecule has 8 nitrogen and oxygen atoms in total. The first kappa shape index (κ1) is 14.4. The van der Waals surface area contributed by atoms with Gasteiger partial charge in [-0.25, -0.2) is 0 Å². The van der Waals surface area contributed by atoms with Gasteiger partial charge in [0.1, 0.15) is 0 Å². The van der Waals surface area contributed by atoms with Crippen molar-refractivity contribution in [1.29, 1.82) is 0 Å². The van der Waals surface area contributed by atoms with E-state index in [2.05, 4.69) is 20.8 Å². The summed E-state index contributed by atoms with van der Waals surface area (Å²) in [7, 11) is 0. The summed E-state index contributed by atoms with van der Waals surface area (Å²) in [4.78, 5) is 26.4. The van der Waals surface area contributed by atoms with Gasteiger partial charge in [0.2, 0.25) is 11.8 Å². The number of aromatic nitrogens is 2. The Labute approximate surface area is 116 Å². The minimum atomic E-state index is -0.364. The zero-order chi connectivity index (χ0) is 14.4. The van der Waals surface area contributed by atoms with Gasteiger partial charge in [-0.2, -0.15) is 4.98 Å². The fourth-order valence-electron chi connectivity index (χ4n) is 2.07. The van der Waals surface area contributed by atoms with Crippen LogP contribution in [0.4, 0.5) is 0 Å². The topological polar surface area (TPSA) is 123 Å². The minimum Gasteiger partial charge on any atom is -0.370 e. The lowest BCUT2D eigenvalue weighted by molar-refractivity contribution is -0.118. The van der Waals surface area contributed by atoms with Gasteiger partial charge in [0.05, 0.1) is 6.04 Å². The maximum absolute atomic E-state index is 11.8. The van der Waals surface area contributed by atoms with Crippen LogP contribution in [0.15, 0.2) is 4.52 Å². The number of nitrogens with zero attached hydrogens (tertiary/aromatic N) is 2. The second-order valence-corrected chi connectivity index (χ2v) is 4.78. The van der Waals surface area contributed by atoms with Gasteiger partial charge in [-0.05, 0) is 32.2 Å². The summed E-state index contributed by atoms with van der Waals surface area (Å²) in [6.07, 6.45) is 3.67. The third-order valence-corrected chi connectivity index (χ3v) is 3.14. The number of primary amides is 1. The molecule has 0 radical (unpaired) electrons. The van der Waals surface area contributed by atoms with E-state index in [0.29, 0.717) is 31.7 Å². The largest absolute Gasteiger partial charge is 0.370 e. The molecule has 1 atom stereocenters. The number of hydrogen-bond acceptors (Lipinski definition) is 6. The van der Waals surface area contributed by atoms with Crippen molar-refractivity contribution >= 4 is 11.8 Å². The third kappa shape index (κ3) is 4.02. The Hall–Kier alpha value is -1.96. The molecule has 1 aliphatic rings. The number of hydrogen-bond donors (Lipinski definition) is 3. The van der Waals surface area contributed by atoms with Crippen LogP contribution >= 0.6 is 0 Å². The van der Waals surface area contributed by atoms with Gasteiger partial charge in [0.25, 0.3) is 11.7 Å². The average molecular weight is 281 g/mol. The molecule has 1 unspecified atom stereocenters. The summed E-state index contributed by atoms with van der Waals surface area (Å²) >= 11 is 0. The Morgan fingerprint density at radius 1 is 1.45 bits per heavy atom. The minimum absolute atomic E-state index is 0.0450. The molecule has 4 N–H and O–H groups in total. The van der Waals surface area contributed by atoms with Crippen molar-refractivity contribution in [2.24, 2.45) is 5.73 Å². The highest BCUT2D eigenvalue weighted by Crippen LogP contribution is 2.20. The van der Waals surface area contributed by atoms with E-state index in [1.165, 1.54) is 0 Å². The van der Waals surface area contributed by atoms with Crippen molar-refractivity contribution in [3.05, 3.63) is 11.7 Å². The van der Waals surface area contributed by atoms with Gasteiger partial charge in [-0.3, -0.25) is 9.59 Å². The summed E-state index contributed by atoms with van der Waals surface area (Å²) in [5, 5.41) is 9.58. The average Bonchev–Trinajstić information content (AvgIpc) is 3.08. The van der Waals surface area contributed by atoms with Crippen LogP contribution < -0.4 is 16.4 Å². The molecular formula is C12H19N5O3. The van der Waals surface area contributed by atoms with Crippen molar-refractivity contribution in [2.75, 3.05) is 13.1 Å². The Balaban J connectivity index is 1.73. The van der Waals surface area contributed by atoms with Crippen molar-refractivity contribution in [3.8, 4) is 0 Å². The smallest absolute Gasteiger partial charge is 0.292 e. The molecule has 1 fully saturated rings. The number of unbranched alkanes of at least 4 members (excludes halogenated alkanes) is 1. The summed E-state index contributed by atoms with van der Waals surface area (Å²) in [5.41, 5.74) is 5.02. The second kappa shape index (κ2) is 6.99. The summed E-state index contributed by atoms with van der Waals surface area (Å²) in [6, 6.07) is 0.0552. The van der Waals surface area contributed by atoms with Crippen molar-refractivity contribution in [1.82, 2.24) is 20.8 Å². The molecule has 1 aromatic rings. The predicted molar refractivity (Wildman–Crippen MR) is 69.7 cm³/mol. The molecule has 0 aromatic carbocycles. The Bertz CT molecular complexity index is 467.